The zero-order chi connectivity index (χ0) is 13.8. The van der Waals surface area contributed by atoms with Gasteiger partial charge in [-0.05, 0) is 24.1 Å². The summed E-state index contributed by atoms with van der Waals surface area (Å²) in [6.07, 6.45) is 2.41. The van der Waals surface area contributed by atoms with Crippen molar-refractivity contribution in [2.45, 2.75) is 12.5 Å². The number of methoxy groups -OCH3 is 2. The summed E-state index contributed by atoms with van der Waals surface area (Å²) in [6.45, 7) is 0. The summed E-state index contributed by atoms with van der Waals surface area (Å²) in [4.78, 5) is 0. The number of nitrogens with zero attached hydrogens (tertiary/aromatic N) is 2. The van der Waals surface area contributed by atoms with Crippen LogP contribution in [0.1, 0.15) is 17.3 Å². The molecule has 1 aromatic heterocycles. The standard InChI is InChI=1S/C14H19N3O2/c1-17-14(13(19-3)9-16-17)12(15)8-10-4-6-11(18-2)7-5-10/h4-7,9,12H,8,15H2,1-3H3. The van der Waals surface area contributed by atoms with Gasteiger partial charge in [0.15, 0.2) is 5.75 Å². The van der Waals surface area contributed by atoms with Gasteiger partial charge in [0.1, 0.15) is 5.75 Å². The van der Waals surface area contributed by atoms with Crippen molar-refractivity contribution in [1.82, 2.24) is 9.78 Å². The van der Waals surface area contributed by atoms with E-state index >= 15 is 0 Å². The zero-order valence-electron chi connectivity index (χ0n) is 11.5. The van der Waals surface area contributed by atoms with E-state index in [9.17, 15) is 0 Å². The highest BCUT2D eigenvalue weighted by Crippen LogP contribution is 2.25. The minimum atomic E-state index is -0.157. The average Bonchev–Trinajstić information content (AvgIpc) is 2.80. The van der Waals surface area contributed by atoms with Gasteiger partial charge in [0, 0.05) is 7.05 Å². The molecule has 1 heterocycles. The van der Waals surface area contributed by atoms with Gasteiger partial charge < -0.3 is 15.2 Å². The quantitative estimate of drug-likeness (QED) is 0.889. The summed E-state index contributed by atoms with van der Waals surface area (Å²) in [5.41, 5.74) is 8.30. The molecule has 0 spiro atoms. The van der Waals surface area contributed by atoms with E-state index in [1.807, 2.05) is 31.3 Å². The first-order valence-electron chi connectivity index (χ1n) is 6.10. The molecule has 5 nitrogen and oxygen atoms in total. The topological polar surface area (TPSA) is 62.3 Å². The molecule has 0 radical (unpaired) electrons. The summed E-state index contributed by atoms with van der Waals surface area (Å²) in [5.74, 6) is 1.57. The van der Waals surface area contributed by atoms with Crippen molar-refractivity contribution in [2.24, 2.45) is 12.8 Å². The maximum Gasteiger partial charge on any atom is 0.161 e. The molecule has 5 heteroatoms. The Hall–Kier alpha value is -2.01. The number of nitrogens with two attached hydrogens (primary N) is 1. The second-order valence-corrected chi connectivity index (χ2v) is 4.38. The SMILES string of the molecule is COc1ccc(CC(N)c2c(OC)cnn2C)cc1. The van der Waals surface area contributed by atoms with Crippen molar-refractivity contribution in [3.8, 4) is 11.5 Å². The van der Waals surface area contributed by atoms with Gasteiger partial charge in [-0.1, -0.05) is 12.1 Å². The van der Waals surface area contributed by atoms with Gasteiger partial charge in [-0.2, -0.15) is 5.10 Å². The number of ether oxygens (including phenoxy) is 2. The van der Waals surface area contributed by atoms with E-state index in [0.29, 0.717) is 0 Å². The largest absolute Gasteiger partial charge is 0.497 e. The number of hydrogen-bond acceptors (Lipinski definition) is 4. The van der Waals surface area contributed by atoms with Crippen molar-refractivity contribution < 1.29 is 9.47 Å². The molecule has 1 aromatic carbocycles. The number of aryl methyl sites for hydroxylation is 1. The van der Waals surface area contributed by atoms with Crippen LogP contribution in [-0.4, -0.2) is 24.0 Å². The normalized spacial score (nSPS) is 12.2. The molecule has 19 heavy (non-hydrogen) atoms. The zero-order valence-corrected chi connectivity index (χ0v) is 11.5. The van der Waals surface area contributed by atoms with Crippen LogP contribution in [0.15, 0.2) is 30.5 Å². The van der Waals surface area contributed by atoms with Crippen LogP contribution in [0.4, 0.5) is 0 Å². The maximum atomic E-state index is 6.25. The van der Waals surface area contributed by atoms with Crippen LogP contribution in [0.25, 0.3) is 0 Å². The number of aromatic nitrogens is 2. The third-order valence-electron chi connectivity index (χ3n) is 3.14. The van der Waals surface area contributed by atoms with E-state index in [2.05, 4.69) is 5.10 Å². The first-order chi connectivity index (χ1) is 9.15. The average molecular weight is 261 g/mol. The molecule has 0 amide bonds. The van der Waals surface area contributed by atoms with Crippen molar-refractivity contribution >= 4 is 0 Å². The smallest absolute Gasteiger partial charge is 0.161 e. The van der Waals surface area contributed by atoms with Crippen molar-refractivity contribution in [2.75, 3.05) is 14.2 Å². The Labute approximate surface area is 112 Å². The Morgan fingerprint density at radius 2 is 1.89 bits per heavy atom. The first-order valence-corrected chi connectivity index (χ1v) is 6.10. The van der Waals surface area contributed by atoms with Crippen molar-refractivity contribution in [3.05, 3.63) is 41.7 Å². The predicted molar refractivity (Wildman–Crippen MR) is 73.4 cm³/mol. The van der Waals surface area contributed by atoms with Crippen LogP contribution >= 0.6 is 0 Å². The monoisotopic (exact) mass is 261 g/mol. The van der Waals surface area contributed by atoms with Gasteiger partial charge in [0.2, 0.25) is 0 Å². The number of hydrogen-bond donors (Lipinski definition) is 1. The molecular weight excluding hydrogens is 242 g/mol. The van der Waals surface area contributed by atoms with Crippen LogP contribution in [0.2, 0.25) is 0 Å². The molecular formula is C14H19N3O2. The highest BCUT2D eigenvalue weighted by Gasteiger charge is 2.17. The summed E-state index contributed by atoms with van der Waals surface area (Å²) in [7, 11) is 5.15. The van der Waals surface area contributed by atoms with Crippen molar-refractivity contribution in [1.29, 1.82) is 0 Å². The van der Waals surface area contributed by atoms with Gasteiger partial charge in [-0.25, -0.2) is 0 Å². The molecule has 0 fully saturated rings. The lowest BCUT2D eigenvalue weighted by molar-refractivity contribution is 0.402. The van der Waals surface area contributed by atoms with Crippen LogP contribution in [0, 0.1) is 0 Å². The Balaban J connectivity index is 2.15. The molecule has 0 aliphatic carbocycles. The molecule has 0 bridgehead atoms. The summed E-state index contributed by atoms with van der Waals surface area (Å²) < 4.78 is 12.2. The highest BCUT2D eigenvalue weighted by atomic mass is 16.5. The Morgan fingerprint density at radius 3 is 2.47 bits per heavy atom. The van der Waals surface area contributed by atoms with Gasteiger partial charge in [0.25, 0.3) is 0 Å². The van der Waals surface area contributed by atoms with E-state index in [-0.39, 0.29) is 6.04 Å². The van der Waals surface area contributed by atoms with E-state index in [1.165, 1.54) is 0 Å². The van der Waals surface area contributed by atoms with Gasteiger partial charge in [-0.3, -0.25) is 4.68 Å². The predicted octanol–water partition coefficient (Wildman–Crippen LogP) is 1.68. The lowest BCUT2D eigenvalue weighted by Crippen LogP contribution is -2.18. The van der Waals surface area contributed by atoms with Crippen LogP contribution < -0.4 is 15.2 Å². The fourth-order valence-electron chi connectivity index (χ4n) is 2.12. The second-order valence-electron chi connectivity index (χ2n) is 4.38. The minimum Gasteiger partial charge on any atom is -0.497 e. The molecule has 0 saturated carbocycles. The highest BCUT2D eigenvalue weighted by molar-refractivity contribution is 5.32. The van der Waals surface area contributed by atoms with E-state index in [0.717, 1.165) is 29.2 Å². The molecule has 0 aliphatic heterocycles. The Bertz CT molecular complexity index is 534. The fraction of sp³-hybridized carbons (Fsp3) is 0.357. The fourth-order valence-corrected chi connectivity index (χ4v) is 2.12. The maximum absolute atomic E-state index is 6.25. The van der Waals surface area contributed by atoms with Crippen LogP contribution in [-0.2, 0) is 13.5 Å². The molecule has 0 saturated heterocycles. The number of benzene rings is 1. The molecule has 2 N–H and O–H groups in total. The first kappa shape index (κ1) is 13.4. The van der Waals surface area contributed by atoms with E-state index < -0.39 is 0 Å². The van der Waals surface area contributed by atoms with E-state index in [4.69, 9.17) is 15.2 Å². The summed E-state index contributed by atoms with van der Waals surface area (Å²) >= 11 is 0. The molecule has 1 atom stereocenters. The molecule has 2 rings (SSSR count). The van der Waals surface area contributed by atoms with Gasteiger partial charge in [0.05, 0.1) is 32.2 Å². The van der Waals surface area contributed by atoms with Crippen LogP contribution in [0.3, 0.4) is 0 Å². The molecule has 1 unspecified atom stereocenters. The Morgan fingerprint density at radius 1 is 1.21 bits per heavy atom. The number of rotatable bonds is 5. The van der Waals surface area contributed by atoms with E-state index in [1.54, 1.807) is 25.1 Å². The lowest BCUT2D eigenvalue weighted by Gasteiger charge is -2.14. The third kappa shape index (κ3) is 2.88. The summed E-state index contributed by atoms with van der Waals surface area (Å²) in [6, 6.07) is 7.74. The van der Waals surface area contributed by atoms with Gasteiger partial charge >= 0.3 is 0 Å². The van der Waals surface area contributed by atoms with Crippen molar-refractivity contribution in [3.63, 3.8) is 0 Å². The second kappa shape index (κ2) is 5.75. The summed E-state index contributed by atoms with van der Waals surface area (Å²) in [5, 5.41) is 4.17. The lowest BCUT2D eigenvalue weighted by atomic mass is 10.0. The van der Waals surface area contributed by atoms with Gasteiger partial charge in [-0.15, -0.1) is 0 Å². The van der Waals surface area contributed by atoms with Crippen LogP contribution in [0.5, 0.6) is 11.5 Å². The molecule has 2 aromatic rings. The molecule has 102 valence electrons. The molecule has 0 aliphatic rings. The minimum absolute atomic E-state index is 0.157. The Kier molecular flexibility index (Phi) is 4.06. The third-order valence-corrected chi connectivity index (χ3v) is 3.14.